The molecule has 6 rings (SSSR count). The number of nitrogens with zero attached hydrogens (tertiary/aromatic N) is 2. The van der Waals surface area contributed by atoms with Crippen LogP contribution in [0.3, 0.4) is 0 Å². The molecule has 0 N–H and O–H groups in total. The fraction of sp³-hybridized carbons (Fsp3) is 0.333. The monoisotopic (exact) mass is 474 g/mol. The number of allylic oxidation sites excluding steroid dienone is 2. The number of carbonyl (C=O) groups is 4. The minimum absolute atomic E-state index is 0.00318. The van der Waals surface area contributed by atoms with Gasteiger partial charge in [0.2, 0.25) is 17.7 Å². The van der Waals surface area contributed by atoms with E-state index in [2.05, 4.69) is 12.2 Å². The van der Waals surface area contributed by atoms with E-state index in [0.29, 0.717) is 16.9 Å². The van der Waals surface area contributed by atoms with Crippen molar-refractivity contribution in [3.8, 4) is 5.75 Å². The van der Waals surface area contributed by atoms with E-state index < -0.39 is 17.7 Å². The Kier molecular flexibility index (Phi) is 4.88. The van der Waals surface area contributed by atoms with Crippen molar-refractivity contribution in [2.24, 2.45) is 29.6 Å². The van der Waals surface area contributed by atoms with Crippen molar-refractivity contribution in [1.82, 2.24) is 0 Å². The maximum Gasteiger partial charge on any atom is 0.316 e. The number of hydrogen-bond donors (Lipinski definition) is 0. The molecule has 2 aromatic carbocycles. The van der Waals surface area contributed by atoms with Gasteiger partial charge in [-0.1, -0.05) is 12.2 Å². The third-order valence-corrected chi connectivity index (χ3v) is 7.69. The third-order valence-electron chi connectivity index (χ3n) is 7.69. The van der Waals surface area contributed by atoms with Gasteiger partial charge in [-0.3, -0.25) is 19.2 Å². The van der Waals surface area contributed by atoms with Gasteiger partial charge in [0.1, 0.15) is 11.6 Å². The van der Waals surface area contributed by atoms with E-state index in [4.69, 9.17) is 4.74 Å². The van der Waals surface area contributed by atoms with Crippen LogP contribution in [0.5, 0.6) is 5.75 Å². The first-order chi connectivity index (χ1) is 16.8. The first-order valence-electron chi connectivity index (χ1n) is 11.8. The van der Waals surface area contributed by atoms with Gasteiger partial charge in [-0.15, -0.1) is 0 Å². The number of esters is 1. The highest BCUT2D eigenvalue weighted by Gasteiger charge is 2.59. The summed E-state index contributed by atoms with van der Waals surface area (Å²) in [5.74, 6) is -2.15. The molecule has 3 fully saturated rings. The molecule has 0 aromatic heterocycles. The number of ether oxygens (including phenoxy) is 1. The highest BCUT2D eigenvalue weighted by molar-refractivity contribution is 6.23. The molecule has 7 nitrogen and oxygen atoms in total. The molecule has 2 aliphatic heterocycles. The molecule has 178 valence electrons. The number of halogens is 1. The number of hydrogen-bond acceptors (Lipinski definition) is 5. The summed E-state index contributed by atoms with van der Waals surface area (Å²) in [5.41, 5.74) is 1.68. The van der Waals surface area contributed by atoms with Gasteiger partial charge in [-0.25, -0.2) is 9.29 Å². The zero-order valence-electron chi connectivity index (χ0n) is 19.0. The lowest BCUT2D eigenvalue weighted by atomic mass is 9.85. The van der Waals surface area contributed by atoms with Crippen LogP contribution in [0.1, 0.15) is 18.4 Å². The summed E-state index contributed by atoms with van der Waals surface area (Å²) in [4.78, 5) is 54.1. The zero-order chi connectivity index (χ0) is 24.4. The number of rotatable bonds is 4. The Labute approximate surface area is 201 Å². The van der Waals surface area contributed by atoms with Gasteiger partial charge in [-0.05, 0) is 73.2 Å². The number of carbonyl (C=O) groups excluding carboxylic acids is 4. The smallest absolute Gasteiger partial charge is 0.316 e. The van der Waals surface area contributed by atoms with Gasteiger partial charge in [0, 0.05) is 18.7 Å². The van der Waals surface area contributed by atoms with E-state index in [-0.39, 0.29) is 60.1 Å². The van der Waals surface area contributed by atoms with Crippen LogP contribution in [0, 0.1) is 42.3 Å². The van der Waals surface area contributed by atoms with Crippen molar-refractivity contribution in [3.63, 3.8) is 0 Å². The van der Waals surface area contributed by atoms with E-state index in [9.17, 15) is 23.6 Å². The summed E-state index contributed by atoms with van der Waals surface area (Å²) in [6.07, 6.45) is 4.99. The van der Waals surface area contributed by atoms with Crippen LogP contribution < -0.4 is 14.5 Å². The largest absolute Gasteiger partial charge is 0.426 e. The molecule has 4 aliphatic rings. The number of fused-ring (bicyclic) bond motifs is 5. The molecule has 0 radical (unpaired) electrons. The quantitative estimate of drug-likeness (QED) is 0.294. The van der Waals surface area contributed by atoms with Crippen LogP contribution in [0.2, 0.25) is 0 Å². The summed E-state index contributed by atoms with van der Waals surface area (Å²) in [7, 11) is 0. The van der Waals surface area contributed by atoms with Gasteiger partial charge >= 0.3 is 5.97 Å². The molecule has 2 saturated heterocycles. The molecule has 2 bridgehead atoms. The molecule has 2 aliphatic carbocycles. The van der Waals surface area contributed by atoms with Crippen LogP contribution in [0.25, 0.3) is 0 Å². The standard InChI is InChI=1S/C27H23FN2O5/c1-14-10-20(35-27(34)17-12-22(31)29(13-17)19-6-4-18(28)5-7-19)8-9-21(14)30-25(32)23-15-2-3-16(11-15)24(23)26(30)33/h2-10,15-17,23-24H,11-13H2,1H3/t15-,16-,17+,23+,24+/m0/s1. The number of amides is 3. The molecule has 5 atom stereocenters. The molecule has 3 amide bonds. The van der Waals surface area contributed by atoms with Crippen LogP contribution >= 0.6 is 0 Å². The number of imide groups is 1. The molecule has 0 unspecified atom stereocenters. The lowest BCUT2D eigenvalue weighted by Gasteiger charge is -2.20. The van der Waals surface area contributed by atoms with Crippen molar-refractivity contribution >= 4 is 35.1 Å². The Morgan fingerprint density at radius 3 is 2.26 bits per heavy atom. The molecule has 2 aromatic rings. The van der Waals surface area contributed by atoms with Gasteiger partial charge in [0.25, 0.3) is 0 Å². The minimum atomic E-state index is -0.656. The predicted octanol–water partition coefficient (Wildman–Crippen LogP) is 3.40. The maximum absolute atomic E-state index is 13.2. The lowest BCUT2D eigenvalue weighted by Crippen LogP contribution is -2.33. The predicted molar refractivity (Wildman–Crippen MR) is 124 cm³/mol. The van der Waals surface area contributed by atoms with Crippen LogP contribution in [0.4, 0.5) is 15.8 Å². The van der Waals surface area contributed by atoms with Gasteiger partial charge in [0.05, 0.1) is 23.4 Å². The second-order valence-electron chi connectivity index (χ2n) is 9.76. The fourth-order valence-corrected chi connectivity index (χ4v) is 6.02. The Hall–Kier alpha value is -3.81. The molecule has 2 heterocycles. The second-order valence-corrected chi connectivity index (χ2v) is 9.76. The minimum Gasteiger partial charge on any atom is -0.426 e. The van der Waals surface area contributed by atoms with E-state index in [1.54, 1.807) is 25.1 Å². The highest BCUT2D eigenvalue weighted by Crippen LogP contribution is 2.53. The molecular formula is C27H23FN2O5. The maximum atomic E-state index is 13.2. The Balaban J connectivity index is 1.15. The first kappa shape index (κ1) is 21.7. The van der Waals surface area contributed by atoms with Crippen molar-refractivity contribution in [2.75, 3.05) is 16.3 Å². The second kappa shape index (κ2) is 7.86. The summed E-state index contributed by atoms with van der Waals surface area (Å²) in [6, 6.07) is 10.4. The Bertz CT molecular complexity index is 1270. The Morgan fingerprint density at radius 2 is 1.63 bits per heavy atom. The summed E-state index contributed by atoms with van der Waals surface area (Å²) < 4.78 is 18.7. The molecule has 0 spiro atoms. The average molecular weight is 474 g/mol. The average Bonchev–Trinajstić information content (AvgIpc) is 3.59. The first-order valence-corrected chi connectivity index (χ1v) is 11.8. The normalized spacial score (nSPS) is 28.9. The molecular weight excluding hydrogens is 451 g/mol. The van der Waals surface area contributed by atoms with Gasteiger partial charge < -0.3 is 9.64 Å². The lowest BCUT2D eigenvalue weighted by molar-refractivity contribution is -0.139. The molecule has 1 saturated carbocycles. The van der Waals surface area contributed by atoms with Crippen LogP contribution in [0.15, 0.2) is 54.6 Å². The van der Waals surface area contributed by atoms with E-state index >= 15 is 0 Å². The Morgan fingerprint density at radius 1 is 0.971 bits per heavy atom. The van der Waals surface area contributed by atoms with E-state index in [0.717, 1.165) is 6.42 Å². The van der Waals surface area contributed by atoms with Gasteiger partial charge in [0.15, 0.2) is 0 Å². The fourth-order valence-electron chi connectivity index (χ4n) is 6.02. The van der Waals surface area contributed by atoms with E-state index in [1.807, 2.05) is 0 Å². The van der Waals surface area contributed by atoms with Crippen LogP contribution in [-0.4, -0.2) is 30.2 Å². The topological polar surface area (TPSA) is 84.0 Å². The molecule has 35 heavy (non-hydrogen) atoms. The summed E-state index contributed by atoms with van der Waals surface area (Å²) in [5, 5.41) is 0. The number of aryl methyl sites for hydroxylation is 1. The number of benzene rings is 2. The van der Waals surface area contributed by atoms with Crippen molar-refractivity contribution < 1.29 is 28.3 Å². The summed E-state index contributed by atoms with van der Waals surface area (Å²) in [6.45, 7) is 1.92. The SMILES string of the molecule is Cc1cc(OC(=O)[C@@H]2CC(=O)N(c3ccc(F)cc3)C2)ccc1N1C(=O)[C@H]2[C@H](C1=O)[C@H]1C=C[C@H]2C1. The van der Waals surface area contributed by atoms with Crippen molar-refractivity contribution in [3.05, 3.63) is 66.0 Å². The van der Waals surface area contributed by atoms with Crippen molar-refractivity contribution in [2.45, 2.75) is 19.8 Å². The van der Waals surface area contributed by atoms with Crippen LogP contribution in [-0.2, 0) is 19.2 Å². The third kappa shape index (κ3) is 3.38. The van der Waals surface area contributed by atoms with Crippen molar-refractivity contribution in [1.29, 1.82) is 0 Å². The molecule has 8 heteroatoms. The van der Waals surface area contributed by atoms with E-state index in [1.165, 1.54) is 34.1 Å². The highest BCUT2D eigenvalue weighted by atomic mass is 19.1. The van der Waals surface area contributed by atoms with Gasteiger partial charge in [-0.2, -0.15) is 0 Å². The number of anilines is 2. The summed E-state index contributed by atoms with van der Waals surface area (Å²) >= 11 is 0. The zero-order valence-corrected chi connectivity index (χ0v) is 19.0.